The molecule has 1 N–H and O–H groups in total. The second kappa shape index (κ2) is 9.15. The lowest BCUT2D eigenvalue weighted by molar-refractivity contribution is 0.569. The number of pyridine rings is 1. The van der Waals surface area contributed by atoms with Crippen molar-refractivity contribution in [1.29, 1.82) is 0 Å². The maximum absolute atomic E-state index is 6.30. The fraction of sp³-hybridized carbons (Fsp3) is 0.400. The molecule has 152 valence electrons. The number of anilines is 1. The highest BCUT2D eigenvalue weighted by atomic mass is 35.5. The molecule has 0 amide bonds. The number of aryl methyl sites for hydroxylation is 1. The Morgan fingerprint density at radius 1 is 1.14 bits per heavy atom. The number of benzene rings is 2. The van der Waals surface area contributed by atoms with Crippen molar-refractivity contribution >= 4 is 28.2 Å². The summed E-state index contributed by atoms with van der Waals surface area (Å²) < 4.78 is 0. The largest absolute Gasteiger partial charge is 0.371 e. The van der Waals surface area contributed by atoms with Crippen LogP contribution in [0.4, 0.5) is 5.69 Å². The number of halogens is 1. The molecule has 1 unspecified atom stereocenters. The lowest BCUT2D eigenvalue weighted by atomic mass is 10.0. The van der Waals surface area contributed by atoms with Crippen molar-refractivity contribution < 1.29 is 0 Å². The number of fused-ring (bicyclic) bond motifs is 1. The van der Waals surface area contributed by atoms with Crippen molar-refractivity contribution in [2.75, 3.05) is 31.6 Å². The zero-order valence-corrected chi connectivity index (χ0v) is 18.2. The normalized spacial score (nSPS) is 16.7. The van der Waals surface area contributed by atoms with E-state index in [0.717, 1.165) is 60.2 Å². The van der Waals surface area contributed by atoms with E-state index in [4.69, 9.17) is 16.6 Å². The number of nitrogens with one attached hydrogen (secondary N) is 1. The predicted molar refractivity (Wildman–Crippen MR) is 125 cm³/mol. The standard InChI is InChI=1S/C25H30ClN3/c1-3-18-12-14-29(17-18)25-16-23(28-24-15-21(26)10-11-22(24)25)20-8-6-19(7-9-20)5-4-13-27-2/h6-11,15-16,18,27H,3-5,12-14,17H2,1-2H3. The maximum atomic E-state index is 6.30. The lowest BCUT2D eigenvalue weighted by Crippen LogP contribution is -2.20. The number of hydrogen-bond donors (Lipinski definition) is 1. The molecule has 29 heavy (non-hydrogen) atoms. The molecular formula is C25H30ClN3. The first-order valence-electron chi connectivity index (χ1n) is 10.8. The average molecular weight is 408 g/mol. The van der Waals surface area contributed by atoms with E-state index in [1.807, 2.05) is 19.2 Å². The summed E-state index contributed by atoms with van der Waals surface area (Å²) >= 11 is 6.30. The van der Waals surface area contributed by atoms with Gasteiger partial charge in [-0.15, -0.1) is 0 Å². The number of nitrogens with zero attached hydrogens (tertiary/aromatic N) is 2. The monoisotopic (exact) mass is 407 g/mol. The van der Waals surface area contributed by atoms with Crippen LogP contribution in [-0.2, 0) is 6.42 Å². The summed E-state index contributed by atoms with van der Waals surface area (Å²) in [5, 5.41) is 5.14. The first kappa shape index (κ1) is 20.2. The van der Waals surface area contributed by atoms with Crippen LogP contribution in [0.15, 0.2) is 48.5 Å². The molecule has 1 aliphatic heterocycles. The third-order valence-corrected chi connectivity index (χ3v) is 6.33. The van der Waals surface area contributed by atoms with Gasteiger partial charge in [0.25, 0.3) is 0 Å². The van der Waals surface area contributed by atoms with Gasteiger partial charge in [-0.2, -0.15) is 0 Å². The van der Waals surface area contributed by atoms with E-state index in [2.05, 4.69) is 53.5 Å². The van der Waals surface area contributed by atoms with Crippen LogP contribution in [-0.4, -0.2) is 31.7 Å². The van der Waals surface area contributed by atoms with Crippen LogP contribution in [0.5, 0.6) is 0 Å². The van der Waals surface area contributed by atoms with Crippen LogP contribution in [0.2, 0.25) is 5.02 Å². The van der Waals surface area contributed by atoms with Crippen molar-refractivity contribution in [3.05, 3.63) is 59.1 Å². The average Bonchev–Trinajstić information content (AvgIpc) is 3.22. The van der Waals surface area contributed by atoms with Crippen molar-refractivity contribution in [2.45, 2.75) is 32.6 Å². The summed E-state index contributed by atoms with van der Waals surface area (Å²) in [6, 6.07) is 17.2. The van der Waals surface area contributed by atoms with E-state index in [0.29, 0.717) is 0 Å². The molecule has 1 atom stereocenters. The third-order valence-electron chi connectivity index (χ3n) is 6.10. The Hall–Kier alpha value is -2.10. The highest BCUT2D eigenvalue weighted by Crippen LogP contribution is 2.35. The summed E-state index contributed by atoms with van der Waals surface area (Å²) in [6.07, 6.45) is 4.76. The van der Waals surface area contributed by atoms with Crippen molar-refractivity contribution in [1.82, 2.24) is 10.3 Å². The molecule has 1 fully saturated rings. The zero-order chi connectivity index (χ0) is 20.2. The predicted octanol–water partition coefficient (Wildman–Crippen LogP) is 5.94. The van der Waals surface area contributed by atoms with Gasteiger partial charge in [0.15, 0.2) is 0 Å². The Kier molecular flexibility index (Phi) is 6.37. The summed E-state index contributed by atoms with van der Waals surface area (Å²) in [7, 11) is 2.00. The summed E-state index contributed by atoms with van der Waals surface area (Å²) in [6.45, 7) is 5.58. The molecule has 0 radical (unpaired) electrons. The molecule has 2 aromatic carbocycles. The van der Waals surface area contributed by atoms with Crippen molar-refractivity contribution in [2.24, 2.45) is 5.92 Å². The Labute approximate surface area is 179 Å². The molecule has 0 aliphatic carbocycles. The van der Waals surface area contributed by atoms with Gasteiger partial charge in [-0.25, -0.2) is 4.98 Å². The molecule has 0 spiro atoms. The number of aromatic nitrogens is 1. The van der Waals surface area contributed by atoms with Gasteiger partial charge in [0.1, 0.15) is 0 Å². The highest BCUT2D eigenvalue weighted by molar-refractivity contribution is 6.31. The first-order chi connectivity index (χ1) is 14.2. The summed E-state index contributed by atoms with van der Waals surface area (Å²) in [4.78, 5) is 7.49. The van der Waals surface area contributed by atoms with Crippen LogP contribution < -0.4 is 10.2 Å². The van der Waals surface area contributed by atoms with E-state index in [-0.39, 0.29) is 0 Å². The van der Waals surface area contributed by atoms with Crippen LogP contribution in [0.3, 0.4) is 0 Å². The van der Waals surface area contributed by atoms with E-state index < -0.39 is 0 Å². The topological polar surface area (TPSA) is 28.2 Å². The highest BCUT2D eigenvalue weighted by Gasteiger charge is 2.23. The van der Waals surface area contributed by atoms with Gasteiger partial charge < -0.3 is 10.2 Å². The molecule has 0 bridgehead atoms. The van der Waals surface area contributed by atoms with Gasteiger partial charge in [0.05, 0.1) is 11.2 Å². The molecule has 1 aliphatic rings. The molecule has 4 heteroatoms. The molecule has 3 aromatic rings. The molecule has 1 aromatic heterocycles. The first-order valence-corrected chi connectivity index (χ1v) is 11.1. The van der Waals surface area contributed by atoms with Gasteiger partial charge >= 0.3 is 0 Å². The SMILES string of the molecule is CCC1CCN(c2cc(-c3ccc(CCCNC)cc3)nc3cc(Cl)ccc23)C1. The second-order valence-corrected chi connectivity index (χ2v) is 8.54. The van der Waals surface area contributed by atoms with Crippen LogP contribution >= 0.6 is 11.6 Å². The zero-order valence-electron chi connectivity index (χ0n) is 17.4. The Balaban J connectivity index is 1.69. The summed E-state index contributed by atoms with van der Waals surface area (Å²) in [5.74, 6) is 0.783. The Bertz CT molecular complexity index is 968. The quantitative estimate of drug-likeness (QED) is 0.491. The molecule has 0 saturated carbocycles. The van der Waals surface area contributed by atoms with Crippen LogP contribution in [0, 0.1) is 5.92 Å². The van der Waals surface area contributed by atoms with Crippen LogP contribution in [0.25, 0.3) is 22.2 Å². The van der Waals surface area contributed by atoms with Crippen molar-refractivity contribution in [3.8, 4) is 11.3 Å². The van der Waals surface area contributed by atoms with Gasteiger partial charge in [0.2, 0.25) is 0 Å². The smallest absolute Gasteiger partial charge is 0.0745 e. The number of hydrogen-bond acceptors (Lipinski definition) is 3. The van der Waals surface area contributed by atoms with E-state index >= 15 is 0 Å². The van der Waals surface area contributed by atoms with E-state index in [9.17, 15) is 0 Å². The van der Waals surface area contributed by atoms with Gasteiger partial charge in [-0.1, -0.05) is 49.2 Å². The van der Waals surface area contributed by atoms with Crippen molar-refractivity contribution in [3.63, 3.8) is 0 Å². The summed E-state index contributed by atoms with van der Waals surface area (Å²) in [5.41, 5.74) is 5.82. The third kappa shape index (κ3) is 4.57. The second-order valence-electron chi connectivity index (χ2n) is 8.10. The Morgan fingerprint density at radius 3 is 2.69 bits per heavy atom. The van der Waals surface area contributed by atoms with E-state index in [1.54, 1.807) is 0 Å². The molecule has 3 nitrogen and oxygen atoms in total. The minimum absolute atomic E-state index is 0.737. The van der Waals surface area contributed by atoms with Gasteiger partial charge in [-0.05, 0) is 68.6 Å². The minimum atomic E-state index is 0.737. The molecule has 4 rings (SSSR count). The maximum Gasteiger partial charge on any atom is 0.0745 e. The Morgan fingerprint density at radius 2 is 1.97 bits per heavy atom. The van der Waals surface area contributed by atoms with Gasteiger partial charge in [0, 0.05) is 34.7 Å². The minimum Gasteiger partial charge on any atom is -0.371 e. The molecular weight excluding hydrogens is 378 g/mol. The molecule has 2 heterocycles. The van der Waals surface area contributed by atoms with Gasteiger partial charge in [-0.3, -0.25) is 0 Å². The lowest BCUT2D eigenvalue weighted by Gasteiger charge is -2.22. The fourth-order valence-corrected chi connectivity index (χ4v) is 4.46. The molecule has 1 saturated heterocycles. The van der Waals surface area contributed by atoms with Crippen LogP contribution in [0.1, 0.15) is 31.7 Å². The number of rotatable bonds is 7. The fourth-order valence-electron chi connectivity index (χ4n) is 4.29. The van der Waals surface area contributed by atoms with E-state index in [1.165, 1.54) is 29.5 Å².